The van der Waals surface area contributed by atoms with Crippen LogP contribution >= 0.6 is 0 Å². The summed E-state index contributed by atoms with van der Waals surface area (Å²) in [6.07, 6.45) is 0. The van der Waals surface area contributed by atoms with E-state index in [0.717, 1.165) is 0 Å². The SMILES string of the molecule is [CH2]C1(C)c2ccccc21. The van der Waals surface area contributed by atoms with Gasteiger partial charge >= 0.3 is 0 Å². The first-order chi connectivity index (χ1) is 4.23. The zero-order valence-electron chi connectivity index (χ0n) is 5.52. The molecule has 1 aliphatic rings. The molecule has 0 saturated heterocycles. The van der Waals surface area contributed by atoms with E-state index in [2.05, 4.69) is 38.1 Å². The first-order valence-corrected chi connectivity index (χ1v) is 3.18. The molecule has 45 valence electrons. The Bertz CT molecular complexity index is 221. The van der Waals surface area contributed by atoms with E-state index in [1.54, 1.807) is 0 Å². The average Bonchev–Trinajstić information content (AvgIpc) is 2.39. The maximum atomic E-state index is 4.05. The van der Waals surface area contributed by atoms with Crippen molar-refractivity contribution in [1.29, 1.82) is 0 Å². The van der Waals surface area contributed by atoms with Crippen molar-refractivity contribution in [3.63, 3.8) is 0 Å². The molecule has 0 unspecified atom stereocenters. The van der Waals surface area contributed by atoms with Crippen molar-refractivity contribution in [2.24, 2.45) is 0 Å². The number of hydrogen-bond donors (Lipinski definition) is 0. The fourth-order valence-corrected chi connectivity index (χ4v) is 1.32. The predicted molar refractivity (Wildman–Crippen MR) is 38.3 cm³/mol. The molecule has 0 fully saturated rings. The van der Waals surface area contributed by atoms with Gasteiger partial charge in [-0.25, -0.2) is 0 Å². The molecule has 9 heavy (non-hydrogen) atoms. The number of hydrogen-bond acceptors (Lipinski definition) is 0. The lowest BCUT2D eigenvalue weighted by Crippen LogP contribution is -1.90. The molecule has 0 bridgehead atoms. The Kier molecular flexibility index (Phi) is 0.675. The fraction of sp³-hybridized carbons (Fsp3) is 0.222. The highest BCUT2D eigenvalue weighted by Crippen LogP contribution is 2.48. The molecule has 0 heterocycles. The average molecular weight is 117 g/mol. The Morgan fingerprint density at radius 1 is 1.22 bits per heavy atom. The van der Waals surface area contributed by atoms with Crippen LogP contribution in [-0.4, -0.2) is 0 Å². The van der Waals surface area contributed by atoms with Crippen molar-refractivity contribution in [2.45, 2.75) is 12.3 Å². The van der Waals surface area contributed by atoms with Gasteiger partial charge in [0.05, 0.1) is 0 Å². The van der Waals surface area contributed by atoms with Gasteiger partial charge in [-0.15, -0.1) is 0 Å². The minimum atomic E-state index is 0.156. The van der Waals surface area contributed by atoms with Crippen LogP contribution in [0.5, 0.6) is 0 Å². The van der Waals surface area contributed by atoms with E-state index in [0.29, 0.717) is 0 Å². The molecule has 0 amide bonds. The van der Waals surface area contributed by atoms with Crippen LogP contribution in [0.1, 0.15) is 18.1 Å². The summed E-state index contributed by atoms with van der Waals surface area (Å²) in [5.74, 6) is 0. The Balaban J connectivity index is 2.58. The summed E-state index contributed by atoms with van der Waals surface area (Å²) in [6, 6.07) is 8.41. The second-order valence-electron chi connectivity index (χ2n) is 2.88. The molecule has 1 aliphatic carbocycles. The van der Waals surface area contributed by atoms with Gasteiger partial charge in [0.2, 0.25) is 0 Å². The van der Waals surface area contributed by atoms with E-state index in [-0.39, 0.29) is 5.41 Å². The smallest absolute Gasteiger partial charge is 0.0181 e. The molecular formula is C9H9. The van der Waals surface area contributed by atoms with Gasteiger partial charge in [-0.3, -0.25) is 0 Å². The van der Waals surface area contributed by atoms with Crippen LogP contribution in [-0.2, 0) is 5.41 Å². The van der Waals surface area contributed by atoms with Crippen molar-refractivity contribution in [1.82, 2.24) is 0 Å². The standard InChI is InChI=1S/C9H9/c1-9(2)7-5-3-4-6-8(7)9/h3-6H,1H2,2H3. The van der Waals surface area contributed by atoms with Crippen LogP contribution in [0.15, 0.2) is 24.3 Å². The number of rotatable bonds is 0. The highest BCUT2D eigenvalue weighted by atomic mass is 14.4. The largest absolute Gasteiger partial charge is 0.0619 e. The third-order valence-electron chi connectivity index (χ3n) is 2.05. The number of fused-ring (bicyclic) bond motifs is 1. The Labute approximate surface area is 55.5 Å². The Morgan fingerprint density at radius 2 is 1.67 bits per heavy atom. The molecule has 0 atom stereocenters. The quantitative estimate of drug-likeness (QED) is 0.488. The molecular weight excluding hydrogens is 108 g/mol. The second kappa shape index (κ2) is 1.21. The van der Waals surface area contributed by atoms with Gasteiger partial charge in [0.25, 0.3) is 0 Å². The number of benzene rings is 1. The molecule has 0 aliphatic heterocycles. The lowest BCUT2D eigenvalue weighted by molar-refractivity contribution is 0.893. The van der Waals surface area contributed by atoms with Crippen LogP contribution in [0.4, 0.5) is 0 Å². The summed E-state index contributed by atoms with van der Waals surface area (Å²) in [5, 5.41) is 0. The molecule has 0 nitrogen and oxygen atoms in total. The van der Waals surface area contributed by atoms with Gasteiger partial charge in [0.15, 0.2) is 0 Å². The summed E-state index contributed by atoms with van der Waals surface area (Å²) in [7, 11) is 0. The van der Waals surface area contributed by atoms with E-state index in [9.17, 15) is 0 Å². The van der Waals surface area contributed by atoms with Gasteiger partial charge in [-0.05, 0) is 18.1 Å². The highest BCUT2D eigenvalue weighted by molar-refractivity contribution is 5.59. The van der Waals surface area contributed by atoms with Gasteiger partial charge in [0.1, 0.15) is 0 Å². The Hall–Kier alpha value is -0.780. The van der Waals surface area contributed by atoms with E-state index >= 15 is 0 Å². The summed E-state index contributed by atoms with van der Waals surface area (Å²) in [5.41, 5.74) is 2.97. The van der Waals surface area contributed by atoms with Crippen molar-refractivity contribution in [2.75, 3.05) is 0 Å². The van der Waals surface area contributed by atoms with Crippen molar-refractivity contribution < 1.29 is 0 Å². The highest BCUT2D eigenvalue weighted by Gasteiger charge is 2.40. The molecule has 1 radical (unpaired) electrons. The zero-order valence-corrected chi connectivity index (χ0v) is 5.52. The van der Waals surface area contributed by atoms with Gasteiger partial charge < -0.3 is 0 Å². The zero-order chi connectivity index (χ0) is 6.48. The molecule has 2 rings (SSSR count). The van der Waals surface area contributed by atoms with Crippen molar-refractivity contribution in [3.05, 3.63) is 42.3 Å². The molecule has 0 saturated carbocycles. The van der Waals surface area contributed by atoms with Crippen molar-refractivity contribution in [3.8, 4) is 0 Å². The minimum absolute atomic E-state index is 0.156. The summed E-state index contributed by atoms with van der Waals surface area (Å²) in [4.78, 5) is 0. The van der Waals surface area contributed by atoms with E-state index < -0.39 is 0 Å². The molecule has 0 N–H and O–H groups in total. The predicted octanol–water partition coefficient (Wildman–Crippen LogP) is 2.14. The maximum absolute atomic E-state index is 4.05. The molecule has 0 heteroatoms. The van der Waals surface area contributed by atoms with Crippen LogP contribution in [0, 0.1) is 6.92 Å². The van der Waals surface area contributed by atoms with Gasteiger partial charge in [0, 0.05) is 5.41 Å². The molecule has 1 aromatic carbocycles. The minimum Gasteiger partial charge on any atom is -0.0619 e. The van der Waals surface area contributed by atoms with E-state index in [1.165, 1.54) is 11.1 Å². The van der Waals surface area contributed by atoms with Gasteiger partial charge in [-0.2, -0.15) is 0 Å². The lowest BCUT2D eigenvalue weighted by Gasteiger charge is -1.92. The van der Waals surface area contributed by atoms with E-state index in [1.807, 2.05) is 0 Å². The third-order valence-corrected chi connectivity index (χ3v) is 2.05. The maximum Gasteiger partial charge on any atom is 0.0181 e. The molecule has 1 aromatic rings. The van der Waals surface area contributed by atoms with Gasteiger partial charge in [-0.1, -0.05) is 31.2 Å². The van der Waals surface area contributed by atoms with Crippen LogP contribution in [0.3, 0.4) is 0 Å². The molecule has 0 spiro atoms. The fourth-order valence-electron chi connectivity index (χ4n) is 1.32. The summed E-state index contributed by atoms with van der Waals surface area (Å²) < 4.78 is 0. The topological polar surface area (TPSA) is 0 Å². The van der Waals surface area contributed by atoms with E-state index in [4.69, 9.17) is 0 Å². The Morgan fingerprint density at radius 3 is 2.00 bits per heavy atom. The normalized spacial score (nSPS) is 18.9. The van der Waals surface area contributed by atoms with Crippen molar-refractivity contribution >= 4 is 0 Å². The van der Waals surface area contributed by atoms with Crippen LogP contribution < -0.4 is 0 Å². The monoisotopic (exact) mass is 117 g/mol. The summed E-state index contributed by atoms with van der Waals surface area (Å²) >= 11 is 0. The first-order valence-electron chi connectivity index (χ1n) is 3.18. The molecule has 0 aromatic heterocycles. The first kappa shape index (κ1) is 5.04. The second-order valence-corrected chi connectivity index (χ2v) is 2.88. The van der Waals surface area contributed by atoms with Crippen LogP contribution in [0.2, 0.25) is 0 Å². The van der Waals surface area contributed by atoms with Crippen LogP contribution in [0.25, 0.3) is 0 Å². The lowest BCUT2D eigenvalue weighted by atomic mass is 10.1. The third kappa shape index (κ3) is 0.481. The summed E-state index contributed by atoms with van der Waals surface area (Å²) in [6.45, 7) is 6.20.